The third kappa shape index (κ3) is 3.92. The predicted molar refractivity (Wildman–Crippen MR) is 108 cm³/mol. The van der Waals surface area contributed by atoms with E-state index in [-0.39, 0.29) is 11.9 Å². The lowest BCUT2D eigenvalue weighted by molar-refractivity contribution is 0.306. The van der Waals surface area contributed by atoms with Crippen molar-refractivity contribution < 1.29 is 5.11 Å². The second-order valence-corrected chi connectivity index (χ2v) is 8.29. The lowest BCUT2D eigenvalue weighted by atomic mass is 10.0. The first-order valence-electron chi connectivity index (χ1n) is 7.67. The van der Waals surface area contributed by atoms with Crippen LogP contribution in [0.4, 0.5) is 0 Å². The molecule has 0 amide bonds. The molecule has 0 spiro atoms. The van der Waals surface area contributed by atoms with Crippen molar-refractivity contribution in [3.05, 3.63) is 69.5 Å². The number of thioether (sulfide) groups is 1. The van der Waals surface area contributed by atoms with Crippen LogP contribution in [0.5, 0.6) is 0 Å². The number of rotatable bonds is 4. The molecule has 0 bridgehead atoms. The maximum absolute atomic E-state index is 10.8. The molecule has 0 fully saturated rings. The first kappa shape index (κ1) is 18.0. The monoisotopic (exact) mass is 391 g/mol. The van der Waals surface area contributed by atoms with Gasteiger partial charge in [-0.2, -0.15) is 0 Å². The molecule has 4 nitrogen and oxygen atoms in total. The van der Waals surface area contributed by atoms with Gasteiger partial charge in [-0.15, -0.1) is 11.3 Å². The number of benzene rings is 1. The molecule has 1 atom stereocenters. The fourth-order valence-corrected chi connectivity index (χ4v) is 4.68. The van der Waals surface area contributed by atoms with Crippen molar-refractivity contribution in [1.82, 2.24) is 9.88 Å². The zero-order valence-corrected chi connectivity index (χ0v) is 16.3. The normalized spacial score (nSPS) is 17.9. The van der Waals surface area contributed by atoms with Crippen molar-refractivity contribution in [3.8, 4) is 0 Å². The van der Waals surface area contributed by atoms with Crippen LogP contribution >= 0.6 is 34.7 Å². The van der Waals surface area contributed by atoms with Crippen LogP contribution in [0.2, 0.25) is 4.47 Å². The molecule has 130 valence electrons. The average molecular weight is 392 g/mol. The van der Waals surface area contributed by atoms with Crippen molar-refractivity contribution in [1.29, 1.82) is 0 Å². The molecule has 0 saturated carbocycles. The van der Waals surface area contributed by atoms with Gasteiger partial charge in [0.25, 0.3) is 0 Å². The van der Waals surface area contributed by atoms with E-state index in [9.17, 15) is 5.11 Å². The molecule has 7 heteroatoms. The van der Waals surface area contributed by atoms with Crippen LogP contribution in [0, 0.1) is 0 Å². The lowest BCUT2D eigenvalue weighted by Gasteiger charge is -2.21. The molecule has 0 radical (unpaired) electrons. The molecule has 1 aromatic heterocycles. The summed E-state index contributed by atoms with van der Waals surface area (Å²) in [5.74, 6) is 0.951. The number of aromatic nitrogens is 1. The summed E-state index contributed by atoms with van der Waals surface area (Å²) in [4.78, 5) is 11.5. The second-order valence-electron chi connectivity index (χ2n) is 5.66. The molecule has 3 rings (SSSR count). The Hall–Kier alpha value is -1.76. The number of amidine groups is 1. The molecule has 2 heterocycles. The zero-order chi connectivity index (χ0) is 18.0. The molecule has 25 heavy (non-hydrogen) atoms. The topological polar surface area (TPSA) is 48.7 Å². The fraction of sp³-hybridized carbons (Fsp3) is 0.222. The van der Waals surface area contributed by atoms with E-state index in [0.717, 1.165) is 32.5 Å². The lowest BCUT2D eigenvalue weighted by Crippen LogP contribution is -2.23. The number of aliphatic imine (C=N–C) groups is 1. The Morgan fingerprint density at radius 1 is 1.36 bits per heavy atom. The van der Waals surface area contributed by atoms with Crippen LogP contribution in [0.3, 0.4) is 0 Å². The Balaban J connectivity index is 1.90. The van der Waals surface area contributed by atoms with Crippen LogP contribution in [0.15, 0.2) is 59.6 Å². The smallest absolute Gasteiger partial charge is 0.201 e. The summed E-state index contributed by atoms with van der Waals surface area (Å²) in [5.41, 5.74) is 2.44. The second kappa shape index (κ2) is 7.64. The van der Waals surface area contributed by atoms with Gasteiger partial charge in [-0.1, -0.05) is 60.3 Å². The first-order chi connectivity index (χ1) is 12.0. The quantitative estimate of drug-likeness (QED) is 0.561. The number of allylic oxidation sites excluding steroid dienone is 2. The summed E-state index contributed by atoms with van der Waals surface area (Å²) in [5, 5.41) is 11.6. The predicted octanol–water partition coefficient (Wildman–Crippen LogP) is 5.38. The largest absolute Gasteiger partial charge is 0.494 e. The highest BCUT2D eigenvalue weighted by Gasteiger charge is 2.26. The molecular formula is C18H18ClN3OS2. The van der Waals surface area contributed by atoms with E-state index in [1.54, 1.807) is 22.9 Å². The van der Waals surface area contributed by atoms with Gasteiger partial charge in [-0.25, -0.2) is 4.98 Å². The Labute approximate surface area is 160 Å². The average Bonchev–Trinajstić information content (AvgIpc) is 3.23. The van der Waals surface area contributed by atoms with Crippen LogP contribution in [0.25, 0.3) is 5.57 Å². The number of thiazole rings is 1. The van der Waals surface area contributed by atoms with Gasteiger partial charge in [0.1, 0.15) is 0 Å². The number of aliphatic hydroxyl groups is 1. The fourth-order valence-electron chi connectivity index (χ4n) is 2.54. The summed E-state index contributed by atoms with van der Waals surface area (Å²) in [6.45, 7) is 5.90. The maximum atomic E-state index is 10.8. The van der Waals surface area contributed by atoms with Gasteiger partial charge >= 0.3 is 0 Å². The highest BCUT2D eigenvalue weighted by Crippen LogP contribution is 2.36. The number of halogens is 1. The van der Waals surface area contributed by atoms with E-state index < -0.39 is 0 Å². The van der Waals surface area contributed by atoms with Crippen molar-refractivity contribution in [3.63, 3.8) is 0 Å². The minimum Gasteiger partial charge on any atom is -0.494 e. The van der Waals surface area contributed by atoms with Crippen molar-refractivity contribution in [2.75, 3.05) is 12.8 Å². The summed E-state index contributed by atoms with van der Waals surface area (Å²) in [6.07, 6.45) is 1.77. The molecule has 1 aliphatic heterocycles. The highest BCUT2D eigenvalue weighted by atomic mass is 35.5. The Kier molecular flexibility index (Phi) is 5.51. The van der Waals surface area contributed by atoms with Gasteiger partial charge in [0.15, 0.2) is 9.63 Å². The first-order valence-corrected chi connectivity index (χ1v) is 9.85. The summed E-state index contributed by atoms with van der Waals surface area (Å²) in [7, 11) is 1.81. The van der Waals surface area contributed by atoms with Gasteiger partial charge in [0.05, 0.1) is 10.9 Å². The Morgan fingerprint density at radius 3 is 2.68 bits per heavy atom. The van der Waals surface area contributed by atoms with Crippen molar-refractivity contribution in [2.45, 2.75) is 13.0 Å². The van der Waals surface area contributed by atoms with E-state index in [2.05, 4.69) is 11.6 Å². The summed E-state index contributed by atoms with van der Waals surface area (Å²) >= 11 is 8.96. The van der Waals surface area contributed by atoms with Gasteiger partial charge in [-0.05, 0) is 18.1 Å². The Bertz CT molecular complexity index is 845. The molecule has 1 aliphatic rings. The summed E-state index contributed by atoms with van der Waals surface area (Å²) < 4.78 is 0.522. The molecule has 1 unspecified atom stereocenters. The number of aliphatic hydroxyl groups excluding tert-OH is 1. The SMILES string of the molecule is C=C(C)/C(=C(/O)N(C)C1=NC(c2cnc(Cl)s2)CS1)c1ccccc1. The molecule has 2 aromatic rings. The third-order valence-corrected chi connectivity index (χ3v) is 6.11. The molecular weight excluding hydrogens is 374 g/mol. The van der Waals surface area contributed by atoms with E-state index in [0.29, 0.717) is 4.47 Å². The van der Waals surface area contributed by atoms with E-state index >= 15 is 0 Å². The standard InChI is InChI=1S/C18H18ClN3OS2/c1-11(2)15(12-7-5-4-6-8-12)16(23)22(3)18-21-13(10-24-18)14-9-20-17(19)25-14/h4-9,13,23H,1,10H2,2-3H3/b16-15-. The van der Waals surface area contributed by atoms with Crippen LogP contribution in [-0.2, 0) is 0 Å². The van der Waals surface area contributed by atoms with Crippen LogP contribution < -0.4 is 0 Å². The third-order valence-electron chi connectivity index (χ3n) is 3.78. The van der Waals surface area contributed by atoms with E-state index in [1.165, 1.54) is 11.3 Å². The number of hydrogen-bond donors (Lipinski definition) is 1. The highest BCUT2D eigenvalue weighted by molar-refractivity contribution is 8.14. The maximum Gasteiger partial charge on any atom is 0.201 e. The zero-order valence-electron chi connectivity index (χ0n) is 13.9. The van der Waals surface area contributed by atoms with Gasteiger partial charge in [0, 0.05) is 24.6 Å². The number of hydrogen-bond acceptors (Lipinski definition) is 6. The minimum atomic E-state index is 0.0188. The molecule has 1 N–H and O–H groups in total. The van der Waals surface area contributed by atoms with Crippen LogP contribution in [0.1, 0.15) is 23.4 Å². The van der Waals surface area contributed by atoms with Crippen molar-refractivity contribution >= 4 is 45.4 Å². The van der Waals surface area contributed by atoms with Crippen LogP contribution in [-0.4, -0.2) is 33.0 Å². The molecule has 0 aliphatic carbocycles. The molecule has 1 aromatic carbocycles. The summed E-state index contributed by atoms with van der Waals surface area (Å²) in [6, 6.07) is 9.76. The number of nitrogens with zero attached hydrogens (tertiary/aromatic N) is 3. The minimum absolute atomic E-state index is 0.0188. The van der Waals surface area contributed by atoms with E-state index in [4.69, 9.17) is 16.6 Å². The molecule has 0 saturated heterocycles. The Morgan fingerprint density at radius 2 is 2.08 bits per heavy atom. The van der Waals surface area contributed by atoms with Gasteiger partial charge in [-0.3, -0.25) is 9.89 Å². The van der Waals surface area contributed by atoms with E-state index in [1.807, 2.05) is 44.3 Å². The van der Waals surface area contributed by atoms with Gasteiger partial charge in [0.2, 0.25) is 5.88 Å². The van der Waals surface area contributed by atoms with Crippen molar-refractivity contribution in [2.24, 2.45) is 4.99 Å². The van der Waals surface area contributed by atoms with Gasteiger partial charge < -0.3 is 5.11 Å².